The number of benzene rings is 1. The summed E-state index contributed by atoms with van der Waals surface area (Å²) >= 11 is 0. The first-order valence-electron chi connectivity index (χ1n) is 9.88. The number of aryl methyl sites for hydroxylation is 1. The molecule has 3 aromatic heterocycles. The lowest BCUT2D eigenvalue weighted by Gasteiger charge is -2.28. The SMILES string of the molecule is CCc1cnc2ccc(-c3cnn4c3C(=O)N(c3ccc(C(F)(F)F)cc3)CC4)cn12. The van der Waals surface area contributed by atoms with E-state index in [1.165, 1.54) is 17.0 Å². The molecule has 4 aromatic rings. The topological polar surface area (TPSA) is 55.4 Å². The van der Waals surface area contributed by atoms with Gasteiger partial charge in [-0.25, -0.2) is 4.98 Å². The van der Waals surface area contributed by atoms with Crippen molar-refractivity contribution in [2.75, 3.05) is 11.4 Å². The molecule has 6 nitrogen and oxygen atoms in total. The number of imidazole rings is 1. The zero-order valence-electron chi connectivity index (χ0n) is 16.6. The number of amides is 1. The number of rotatable bonds is 3. The van der Waals surface area contributed by atoms with Gasteiger partial charge in [0.2, 0.25) is 0 Å². The van der Waals surface area contributed by atoms with Gasteiger partial charge >= 0.3 is 6.18 Å². The number of pyridine rings is 1. The molecular weight excluding hydrogens is 407 g/mol. The van der Waals surface area contributed by atoms with Crippen LogP contribution in [-0.4, -0.2) is 31.6 Å². The highest BCUT2D eigenvalue weighted by atomic mass is 19.4. The van der Waals surface area contributed by atoms with E-state index in [2.05, 4.69) is 10.1 Å². The second-order valence-corrected chi connectivity index (χ2v) is 7.38. The summed E-state index contributed by atoms with van der Waals surface area (Å²) in [5.41, 5.74) is 3.48. The van der Waals surface area contributed by atoms with E-state index in [9.17, 15) is 18.0 Å². The number of aromatic nitrogens is 4. The van der Waals surface area contributed by atoms with Crippen molar-refractivity contribution in [3.8, 4) is 11.1 Å². The fourth-order valence-electron chi connectivity index (χ4n) is 3.94. The minimum atomic E-state index is -4.42. The normalized spacial score (nSPS) is 14.3. The summed E-state index contributed by atoms with van der Waals surface area (Å²) in [6.07, 6.45) is 1.82. The van der Waals surface area contributed by atoms with Crippen molar-refractivity contribution in [3.63, 3.8) is 0 Å². The number of alkyl halides is 3. The fraction of sp³-hybridized carbons (Fsp3) is 0.227. The van der Waals surface area contributed by atoms with Crippen molar-refractivity contribution in [1.29, 1.82) is 0 Å². The Morgan fingerprint density at radius 2 is 1.81 bits per heavy atom. The number of fused-ring (bicyclic) bond motifs is 2. The maximum Gasteiger partial charge on any atom is 0.416 e. The molecule has 1 aliphatic heterocycles. The Balaban J connectivity index is 1.53. The second-order valence-electron chi connectivity index (χ2n) is 7.38. The van der Waals surface area contributed by atoms with Gasteiger partial charge in [0.05, 0.1) is 18.3 Å². The molecule has 5 rings (SSSR count). The van der Waals surface area contributed by atoms with E-state index in [0.29, 0.717) is 30.0 Å². The molecule has 0 saturated carbocycles. The lowest BCUT2D eigenvalue weighted by atomic mass is 10.1. The summed E-state index contributed by atoms with van der Waals surface area (Å²) < 4.78 is 42.3. The Kier molecular flexibility index (Phi) is 4.35. The summed E-state index contributed by atoms with van der Waals surface area (Å²) in [4.78, 5) is 19.2. The van der Waals surface area contributed by atoms with Crippen LogP contribution in [0.1, 0.15) is 28.7 Å². The average molecular weight is 425 g/mol. The first kappa shape index (κ1) is 19.3. The van der Waals surface area contributed by atoms with E-state index < -0.39 is 11.7 Å². The van der Waals surface area contributed by atoms with Crippen molar-refractivity contribution in [2.24, 2.45) is 0 Å². The van der Waals surface area contributed by atoms with Crippen LogP contribution in [0.3, 0.4) is 0 Å². The van der Waals surface area contributed by atoms with Crippen LogP contribution in [0.5, 0.6) is 0 Å². The van der Waals surface area contributed by atoms with Gasteiger partial charge in [-0.1, -0.05) is 6.92 Å². The Hall–Kier alpha value is -3.62. The summed E-state index contributed by atoms with van der Waals surface area (Å²) in [6.45, 7) is 2.83. The lowest BCUT2D eigenvalue weighted by Crippen LogP contribution is -2.40. The lowest BCUT2D eigenvalue weighted by molar-refractivity contribution is -0.137. The van der Waals surface area contributed by atoms with Crippen LogP contribution < -0.4 is 4.90 Å². The van der Waals surface area contributed by atoms with Gasteiger partial charge in [0.1, 0.15) is 11.3 Å². The molecule has 0 bridgehead atoms. The molecule has 31 heavy (non-hydrogen) atoms. The predicted molar refractivity (Wildman–Crippen MR) is 109 cm³/mol. The zero-order valence-corrected chi connectivity index (χ0v) is 16.6. The minimum Gasteiger partial charge on any atom is -0.305 e. The maximum absolute atomic E-state index is 13.3. The third-order valence-electron chi connectivity index (χ3n) is 5.58. The Morgan fingerprint density at radius 1 is 1.03 bits per heavy atom. The highest BCUT2D eigenvalue weighted by Gasteiger charge is 2.32. The molecule has 0 N–H and O–H groups in total. The number of carbonyl (C=O) groups excluding carboxylic acids is 1. The van der Waals surface area contributed by atoms with Gasteiger partial charge in [0, 0.05) is 41.4 Å². The zero-order chi connectivity index (χ0) is 21.8. The summed E-state index contributed by atoms with van der Waals surface area (Å²) in [7, 11) is 0. The molecular formula is C22H18F3N5O. The molecule has 4 heterocycles. The van der Waals surface area contributed by atoms with Crippen molar-refractivity contribution in [2.45, 2.75) is 26.1 Å². The highest BCUT2D eigenvalue weighted by molar-refractivity contribution is 6.09. The van der Waals surface area contributed by atoms with Crippen molar-refractivity contribution >= 4 is 17.2 Å². The molecule has 0 radical (unpaired) electrons. The van der Waals surface area contributed by atoms with Crippen LogP contribution in [0.2, 0.25) is 0 Å². The van der Waals surface area contributed by atoms with E-state index >= 15 is 0 Å². The maximum atomic E-state index is 13.3. The molecule has 0 saturated heterocycles. The Bertz CT molecular complexity index is 1290. The second kappa shape index (κ2) is 6.97. The van der Waals surface area contributed by atoms with Crippen LogP contribution in [0.25, 0.3) is 16.8 Å². The smallest absolute Gasteiger partial charge is 0.305 e. The van der Waals surface area contributed by atoms with E-state index in [-0.39, 0.29) is 5.91 Å². The molecule has 0 aliphatic carbocycles. The molecule has 1 amide bonds. The number of halogens is 3. The Labute approximate surface area is 175 Å². The highest BCUT2D eigenvalue weighted by Crippen LogP contribution is 2.33. The van der Waals surface area contributed by atoms with Crippen LogP contribution in [0, 0.1) is 0 Å². The average Bonchev–Trinajstić information content (AvgIpc) is 3.37. The molecule has 1 aromatic carbocycles. The van der Waals surface area contributed by atoms with E-state index in [4.69, 9.17) is 0 Å². The number of carbonyl (C=O) groups is 1. The molecule has 9 heteroatoms. The van der Waals surface area contributed by atoms with Crippen LogP contribution >= 0.6 is 0 Å². The molecule has 1 aliphatic rings. The molecule has 158 valence electrons. The standard InChI is InChI=1S/C22H18F3N5O/c1-2-16-11-26-19-8-3-14(13-29(16)19)18-12-27-30-10-9-28(21(31)20(18)30)17-6-4-15(5-7-17)22(23,24)25/h3-8,11-13H,2,9-10H2,1H3. The number of hydrogen-bond donors (Lipinski definition) is 0. The minimum absolute atomic E-state index is 0.292. The van der Waals surface area contributed by atoms with E-state index in [0.717, 1.165) is 35.5 Å². The van der Waals surface area contributed by atoms with Gasteiger partial charge < -0.3 is 9.30 Å². The monoisotopic (exact) mass is 425 g/mol. The molecule has 0 atom stereocenters. The van der Waals surface area contributed by atoms with Gasteiger partial charge in [-0.15, -0.1) is 0 Å². The third-order valence-corrected chi connectivity index (χ3v) is 5.58. The quantitative estimate of drug-likeness (QED) is 0.488. The summed E-state index contributed by atoms with van der Waals surface area (Å²) in [5, 5.41) is 4.36. The van der Waals surface area contributed by atoms with Gasteiger partial charge in [-0.05, 0) is 42.8 Å². The molecule has 0 fully saturated rings. The number of nitrogens with zero attached hydrogens (tertiary/aromatic N) is 5. The van der Waals surface area contributed by atoms with Gasteiger partial charge in [0.15, 0.2) is 0 Å². The molecule has 0 spiro atoms. The molecule has 0 unspecified atom stereocenters. The predicted octanol–water partition coefficient (Wildman–Crippen LogP) is 4.44. The van der Waals surface area contributed by atoms with Gasteiger partial charge in [0.25, 0.3) is 5.91 Å². The number of anilines is 1. The van der Waals surface area contributed by atoms with Crippen molar-refractivity contribution in [1.82, 2.24) is 19.2 Å². The van der Waals surface area contributed by atoms with Gasteiger partial charge in [-0.2, -0.15) is 18.3 Å². The van der Waals surface area contributed by atoms with Crippen molar-refractivity contribution < 1.29 is 18.0 Å². The Morgan fingerprint density at radius 3 is 2.52 bits per heavy atom. The van der Waals surface area contributed by atoms with Crippen LogP contribution in [-0.2, 0) is 19.1 Å². The van der Waals surface area contributed by atoms with Crippen LogP contribution in [0.4, 0.5) is 18.9 Å². The van der Waals surface area contributed by atoms with Crippen molar-refractivity contribution in [3.05, 3.63) is 71.9 Å². The van der Waals surface area contributed by atoms with E-state index in [1.807, 2.05) is 35.9 Å². The van der Waals surface area contributed by atoms with Gasteiger partial charge in [-0.3, -0.25) is 9.48 Å². The fourth-order valence-corrected chi connectivity index (χ4v) is 3.94. The largest absolute Gasteiger partial charge is 0.416 e. The van der Waals surface area contributed by atoms with Crippen LogP contribution in [0.15, 0.2) is 55.0 Å². The summed E-state index contributed by atoms with van der Waals surface area (Å²) in [6, 6.07) is 8.43. The first-order valence-corrected chi connectivity index (χ1v) is 9.88. The third kappa shape index (κ3) is 3.17. The summed E-state index contributed by atoms with van der Waals surface area (Å²) in [5.74, 6) is -0.292. The first-order chi connectivity index (χ1) is 14.9. The van der Waals surface area contributed by atoms with E-state index in [1.54, 1.807) is 10.9 Å². The number of hydrogen-bond acceptors (Lipinski definition) is 3.